The standard InChI is InChI=1S/C21H27N3O2/c1-21(2,3)18-8-6-7-9-19(18)23-20(25)15-26-22-14-16-10-12-17(13-11-16)24(4)5/h6-14H,15H2,1-5H3,(H,23,25)/b22-14+. The van der Waals surface area contributed by atoms with Crippen LogP contribution in [0, 0.1) is 0 Å². The molecule has 0 saturated carbocycles. The molecule has 0 aromatic heterocycles. The summed E-state index contributed by atoms with van der Waals surface area (Å²) in [4.78, 5) is 19.3. The highest BCUT2D eigenvalue weighted by atomic mass is 16.6. The number of hydrogen-bond acceptors (Lipinski definition) is 4. The molecular weight excluding hydrogens is 326 g/mol. The number of nitrogens with zero attached hydrogens (tertiary/aromatic N) is 2. The Kier molecular flexibility index (Phi) is 6.39. The first-order valence-corrected chi connectivity index (χ1v) is 8.59. The maximum Gasteiger partial charge on any atom is 0.265 e. The number of rotatable bonds is 6. The first-order chi connectivity index (χ1) is 12.3. The molecule has 0 aliphatic rings. The molecule has 0 unspecified atom stereocenters. The third kappa shape index (κ3) is 5.62. The number of hydrogen-bond donors (Lipinski definition) is 1. The fraction of sp³-hybridized carbons (Fsp3) is 0.333. The van der Waals surface area contributed by atoms with Gasteiger partial charge in [-0.1, -0.05) is 56.3 Å². The quantitative estimate of drug-likeness (QED) is 0.630. The average Bonchev–Trinajstić information content (AvgIpc) is 2.58. The van der Waals surface area contributed by atoms with Crippen LogP contribution in [-0.2, 0) is 15.0 Å². The zero-order valence-electron chi connectivity index (χ0n) is 16.1. The van der Waals surface area contributed by atoms with E-state index in [2.05, 4.69) is 31.2 Å². The van der Waals surface area contributed by atoms with Gasteiger partial charge in [-0.15, -0.1) is 0 Å². The number of anilines is 2. The molecule has 138 valence electrons. The van der Waals surface area contributed by atoms with Gasteiger partial charge in [-0.3, -0.25) is 4.79 Å². The highest BCUT2D eigenvalue weighted by molar-refractivity contribution is 5.92. The van der Waals surface area contributed by atoms with Gasteiger partial charge in [-0.2, -0.15) is 0 Å². The van der Waals surface area contributed by atoms with Crippen LogP contribution in [0.5, 0.6) is 0 Å². The van der Waals surface area contributed by atoms with Gasteiger partial charge in [0.05, 0.1) is 6.21 Å². The molecule has 0 fully saturated rings. The largest absolute Gasteiger partial charge is 0.386 e. The third-order valence-corrected chi connectivity index (χ3v) is 3.89. The molecule has 1 amide bonds. The fourth-order valence-corrected chi connectivity index (χ4v) is 2.48. The lowest BCUT2D eigenvalue weighted by atomic mass is 9.86. The van der Waals surface area contributed by atoms with E-state index < -0.39 is 0 Å². The summed E-state index contributed by atoms with van der Waals surface area (Å²) in [6, 6.07) is 15.7. The molecule has 0 aliphatic carbocycles. The van der Waals surface area contributed by atoms with Gasteiger partial charge in [0, 0.05) is 25.5 Å². The Morgan fingerprint density at radius 2 is 1.77 bits per heavy atom. The Hall–Kier alpha value is -2.82. The van der Waals surface area contributed by atoms with Gasteiger partial charge in [0.2, 0.25) is 0 Å². The summed E-state index contributed by atoms with van der Waals surface area (Å²) < 4.78 is 0. The Morgan fingerprint density at radius 3 is 2.38 bits per heavy atom. The van der Waals surface area contributed by atoms with Crippen LogP contribution in [0.2, 0.25) is 0 Å². The van der Waals surface area contributed by atoms with Crippen LogP contribution in [-0.4, -0.2) is 32.8 Å². The van der Waals surface area contributed by atoms with Crippen molar-refractivity contribution in [2.45, 2.75) is 26.2 Å². The van der Waals surface area contributed by atoms with Gasteiger partial charge >= 0.3 is 0 Å². The molecule has 2 aromatic rings. The molecule has 2 rings (SSSR count). The molecule has 0 bridgehead atoms. The smallest absolute Gasteiger partial charge is 0.265 e. The summed E-state index contributed by atoms with van der Waals surface area (Å²) >= 11 is 0. The van der Waals surface area contributed by atoms with E-state index >= 15 is 0 Å². The predicted molar refractivity (Wildman–Crippen MR) is 108 cm³/mol. The summed E-state index contributed by atoms with van der Waals surface area (Å²) in [5.74, 6) is -0.234. The SMILES string of the molecule is CN(C)c1ccc(/C=N/OCC(=O)Nc2ccccc2C(C)(C)C)cc1. The lowest BCUT2D eigenvalue weighted by molar-refractivity contribution is -0.120. The van der Waals surface area contributed by atoms with E-state index in [-0.39, 0.29) is 17.9 Å². The van der Waals surface area contributed by atoms with Crippen LogP contribution in [0.3, 0.4) is 0 Å². The van der Waals surface area contributed by atoms with E-state index in [1.165, 1.54) is 0 Å². The average molecular weight is 353 g/mol. The highest BCUT2D eigenvalue weighted by Gasteiger charge is 2.18. The summed E-state index contributed by atoms with van der Waals surface area (Å²) in [5, 5.41) is 6.76. The third-order valence-electron chi connectivity index (χ3n) is 3.89. The van der Waals surface area contributed by atoms with Crippen LogP contribution >= 0.6 is 0 Å². The second kappa shape index (κ2) is 8.52. The molecule has 0 atom stereocenters. The van der Waals surface area contributed by atoms with Gasteiger partial charge in [0.1, 0.15) is 0 Å². The van der Waals surface area contributed by atoms with E-state index in [0.717, 1.165) is 22.5 Å². The zero-order chi connectivity index (χ0) is 19.2. The molecule has 0 heterocycles. The van der Waals surface area contributed by atoms with Gasteiger partial charge < -0.3 is 15.1 Å². The van der Waals surface area contributed by atoms with E-state index in [0.29, 0.717) is 0 Å². The normalized spacial score (nSPS) is 11.4. The number of oxime groups is 1. The first kappa shape index (κ1) is 19.5. The van der Waals surface area contributed by atoms with E-state index in [4.69, 9.17) is 4.84 Å². The summed E-state index contributed by atoms with van der Waals surface area (Å²) in [6.45, 7) is 6.20. The lowest BCUT2D eigenvalue weighted by Gasteiger charge is -2.22. The van der Waals surface area contributed by atoms with Crippen molar-refractivity contribution in [1.82, 2.24) is 0 Å². The lowest BCUT2D eigenvalue weighted by Crippen LogP contribution is -2.21. The van der Waals surface area contributed by atoms with Gasteiger partial charge in [0.15, 0.2) is 6.61 Å². The number of amides is 1. The second-order valence-corrected chi connectivity index (χ2v) is 7.34. The molecule has 26 heavy (non-hydrogen) atoms. The minimum atomic E-state index is -0.234. The van der Waals surface area contributed by atoms with Crippen molar-refractivity contribution in [2.75, 3.05) is 30.9 Å². The number of carbonyl (C=O) groups is 1. The maximum atomic E-state index is 12.1. The molecule has 0 saturated heterocycles. The molecule has 5 heteroatoms. The molecule has 5 nitrogen and oxygen atoms in total. The summed E-state index contributed by atoms with van der Waals surface area (Å²) in [7, 11) is 3.98. The van der Waals surface area contributed by atoms with Gasteiger partial charge in [-0.25, -0.2) is 0 Å². The van der Waals surface area contributed by atoms with Crippen molar-refractivity contribution in [1.29, 1.82) is 0 Å². The predicted octanol–water partition coefficient (Wildman–Crippen LogP) is 4.04. The maximum absolute atomic E-state index is 12.1. The van der Waals surface area contributed by atoms with Gasteiger partial charge in [0.25, 0.3) is 5.91 Å². The van der Waals surface area contributed by atoms with E-state index in [1.54, 1.807) is 6.21 Å². The first-order valence-electron chi connectivity index (χ1n) is 8.59. The molecule has 0 spiro atoms. The Bertz CT molecular complexity index is 760. The molecule has 1 N–H and O–H groups in total. The van der Waals surface area contributed by atoms with Crippen LogP contribution in [0.1, 0.15) is 31.9 Å². The van der Waals surface area contributed by atoms with E-state index in [1.807, 2.05) is 67.5 Å². The molecule has 2 aromatic carbocycles. The Labute approximate surface area is 155 Å². The summed E-state index contributed by atoms with van der Waals surface area (Å²) in [5.41, 5.74) is 3.85. The number of para-hydroxylation sites is 1. The minimum absolute atomic E-state index is 0.0540. The number of benzene rings is 2. The van der Waals surface area contributed by atoms with Crippen molar-refractivity contribution >= 4 is 23.5 Å². The van der Waals surface area contributed by atoms with Crippen LogP contribution < -0.4 is 10.2 Å². The topological polar surface area (TPSA) is 53.9 Å². The highest BCUT2D eigenvalue weighted by Crippen LogP contribution is 2.29. The Balaban J connectivity index is 1.88. The fourth-order valence-electron chi connectivity index (χ4n) is 2.48. The minimum Gasteiger partial charge on any atom is -0.386 e. The Morgan fingerprint density at radius 1 is 1.12 bits per heavy atom. The van der Waals surface area contributed by atoms with Crippen molar-refractivity contribution in [2.24, 2.45) is 5.16 Å². The van der Waals surface area contributed by atoms with Crippen molar-refractivity contribution in [3.8, 4) is 0 Å². The number of nitrogens with one attached hydrogen (secondary N) is 1. The van der Waals surface area contributed by atoms with E-state index in [9.17, 15) is 4.79 Å². The number of carbonyl (C=O) groups excluding carboxylic acids is 1. The second-order valence-electron chi connectivity index (χ2n) is 7.34. The van der Waals surface area contributed by atoms with Crippen LogP contribution in [0.25, 0.3) is 0 Å². The van der Waals surface area contributed by atoms with Crippen molar-refractivity contribution < 1.29 is 9.63 Å². The van der Waals surface area contributed by atoms with Crippen LogP contribution in [0.15, 0.2) is 53.7 Å². The summed E-state index contributed by atoms with van der Waals surface area (Å²) in [6.07, 6.45) is 1.59. The molecule has 0 radical (unpaired) electrons. The monoisotopic (exact) mass is 353 g/mol. The van der Waals surface area contributed by atoms with Gasteiger partial charge in [-0.05, 0) is 34.7 Å². The van der Waals surface area contributed by atoms with Crippen LogP contribution in [0.4, 0.5) is 11.4 Å². The van der Waals surface area contributed by atoms with Crippen molar-refractivity contribution in [3.05, 3.63) is 59.7 Å². The van der Waals surface area contributed by atoms with Crippen molar-refractivity contribution in [3.63, 3.8) is 0 Å². The molecule has 0 aliphatic heterocycles. The zero-order valence-corrected chi connectivity index (χ0v) is 16.1. The molecular formula is C21H27N3O2.